The van der Waals surface area contributed by atoms with Crippen molar-refractivity contribution in [3.05, 3.63) is 42.0 Å². The summed E-state index contributed by atoms with van der Waals surface area (Å²) in [6, 6.07) is 12.5. The largest absolute Gasteiger partial charge is 0.497 e. The third-order valence-corrected chi connectivity index (χ3v) is 3.42. The van der Waals surface area contributed by atoms with Gasteiger partial charge in [0.15, 0.2) is 5.11 Å². The van der Waals surface area contributed by atoms with Gasteiger partial charge in [-0.1, -0.05) is 18.2 Å². The summed E-state index contributed by atoms with van der Waals surface area (Å²) in [6.45, 7) is 6.01. The number of fused-ring (bicyclic) bond motifs is 1. The van der Waals surface area contributed by atoms with Crippen LogP contribution in [0.15, 0.2) is 41.5 Å². The van der Waals surface area contributed by atoms with Crippen LogP contribution in [0.25, 0.3) is 10.8 Å². The van der Waals surface area contributed by atoms with Crippen LogP contribution in [0.3, 0.4) is 0 Å². The molecule has 0 atom stereocenters. The van der Waals surface area contributed by atoms with Gasteiger partial charge in [-0.15, -0.1) is 0 Å². The molecular weight excluding hydrogens is 294 g/mol. The first kappa shape index (κ1) is 16.2. The number of rotatable bonds is 4. The van der Waals surface area contributed by atoms with E-state index in [2.05, 4.69) is 28.0 Å². The molecule has 0 saturated carbocycles. The van der Waals surface area contributed by atoms with Crippen molar-refractivity contribution in [2.24, 2.45) is 5.10 Å². The second-order valence-corrected chi connectivity index (χ2v) is 5.77. The highest BCUT2D eigenvalue weighted by Crippen LogP contribution is 2.22. The zero-order chi connectivity index (χ0) is 16.1. The molecule has 0 fully saturated rings. The fraction of sp³-hybridized carbons (Fsp3) is 0.294. The first-order valence-electron chi connectivity index (χ1n) is 7.18. The minimum Gasteiger partial charge on any atom is -0.497 e. The van der Waals surface area contributed by atoms with Crippen molar-refractivity contribution < 1.29 is 4.74 Å². The highest BCUT2D eigenvalue weighted by Gasteiger charge is 2.02. The molecule has 5 heteroatoms. The van der Waals surface area contributed by atoms with E-state index in [1.807, 2.05) is 45.0 Å². The molecule has 0 bridgehead atoms. The summed E-state index contributed by atoms with van der Waals surface area (Å²) in [5.74, 6) is 0.859. The van der Waals surface area contributed by atoms with Crippen LogP contribution in [0.4, 0.5) is 0 Å². The summed E-state index contributed by atoms with van der Waals surface area (Å²) >= 11 is 5.16. The molecule has 0 aromatic heterocycles. The van der Waals surface area contributed by atoms with Crippen LogP contribution in [0.1, 0.15) is 26.3 Å². The number of methoxy groups -OCH3 is 1. The van der Waals surface area contributed by atoms with Crippen LogP contribution in [0, 0.1) is 0 Å². The van der Waals surface area contributed by atoms with E-state index < -0.39 is 0 Å². The average molecular weight is 315 g/mol. The summed E-state index contributed by atoms with van der Waals surface area (Å²) in [4.78, 5) is 0. The molecule has 2 aromatic rings. The zero-order valence-corrected chi connectivity index (χ0v) is 14.1. The number of benzene rings is 2. The number of hydrogen-bond donors (Lipinski definition) is 2. The molecule has 2 rings (SSSR count). The van der Waals surface area contributed by atoms with Gasteiger partial charge in [0.05, 0.1) is 12.8 Å². The van der Waals surface area contributed by atoms with Gasteiger partial charge in [0.2, 0.25) is 0 Å². The Labute approximate surface area is 136 Å². The van der Waals surface area contributed by atoms with E-state index in [4.69, 9.17) is 17.0 Å². The number of hydrogen-bond acceptors (Lipinski definition) is 3. The third-order valence-electron chi connectivity index (χ3n) is 3.21. The quantitative estimate of drug-likeness (QED) is 0.515. The summed E-state index contributed by atoms with van der Waals surface area (Å²) in [6.07, 6.45) is 0. The molecule has 0 aliphatic rings. The Hall–Kier alpha value is -2.14. The minimum atomic E-state index is 0.283. The van der Waals surface area contributed by atoms with Gasteiger partial charge in [0, 0.05) is 6.04 Å². The van der Waals surface area contributed by atoms with Crippen molar-refractivity contribution in [1.82, 2.24) is 10.7 Å². The first-order valence-corrected chi connectivity index (χ1v) is 7.59. The lowest BCUT2D eigenvalue weighted by atomic mass is 10.0. The number of nitrogens with zero attached hydrogens (tertiary/aromatic N) is 1. The Balaban J connectivity index is 2.17. The van der Waals surface area contributed by atoms with Gasteiger partial charge < -0.3 is 10.1 Å². The molecule has 116 valence electrons. The lowest BCUT2D eigenvalue weighted by molar-refractivity contribution is 0.415. The highest BCUT2D eigenvalue weighted by molar-refractivity contribution is 7.80. The third kappa shape index (κ3) is 4.18. The summed E-state index contributed by atoms with van der Waals surface area (Å²) in [7, 11) is 1.67. The second-order valence-electron chi connectivity index (χ2n) is 5.37. The van der Waals surface area contributed by atoms with Crippen LogP contribution >= 0.6 is 12.2 Å². The van der Waals surface area contributed by atoms with E-state index in [1.165, 1.54) is 0 Å². The molecule has 0 saturated heterocycles. The second kappa shape index (κ2) is 7.22. The predicted octanol–water partition coefficient (Wildman–Crippen LogP) is 3.44. The van der Waals surface area contributed by atoms with Crippen molar-refractivity contribution in [3.63, 3.8) is 0 Å². The topological polar surface area (TPSA) is 45.6 Å². The Morgan fingerprint density at radius 2 is 1.82 bits per heavy atom. The van der Waals surface area contributed by atoms with E-state index in [-0.39, 0.29) is 6.04 Å². The van der Waals surface area contributed by atoms with Crippen molar-refractivity contribution in [3.8, 4) is 5.75 Å². The molecular formula is C17H21N3OS. The Morgan fingerprint density at radius 1 is 1.14 bits per heavy atom. The molecule has 22 heavy (non-hydrogen) atoms. The normalized spacial score (nSPS) is 11.6. The highest BCUT2D eigenvalue weighted by atomic mass is 32.1. The van der Waals surface area contributed by atoms with Gasteiger partial charge in [-0.05, 0) is 67.5 Å². The van der Waals surface area contributed by atoms with Gasteiger partial charge >= 0.3 is 0 Å². The van der Waals surface area contributed by atoms with E-state index >= 15 is 0 Å². The van der Waals surface area contributed by atoms with E-state index in [1.54, 1.807) is 7.11 Å². The fourth-order valence-corrected chi connectivity index (χ4v) is 2.35. The fourth-order valence-electron chi connectivity index (χ4n) is 2.07. The summed E-state index contributed by atoms with van der Waals surface area (Å²) < 4.78 is 5.24. The maximum absolute atomic E-state index is 5.24. The molecule has 2 N–H and O–H groups in total. The average Bonchev–Trinajstić information content (AvgIpc) is 2.50. The first-order chi connectivity index (χ1) is 10.5. The van der Waals surface area contributed by atoms with E-state index in [0.717, 1.165) is 27.8 Å². The molecule has 0 spiro atoms. The standard InChI is InChI=1S/C17H21N3OS/c1-11(2)18-17(22)20-19-12(3)13-5-6-15-10-16(21-4)8-7-14(15)9-13/h5-11H,1-4H3,(H2,18,20,22)/b19-12-. The molecule has 2 aromatic carbocycles. The van der Waals surface area contributed by atoms with Crippen molar-refractivity contribution in [2.75, 3.05) is 7.11 Å². The molecule has 0 aliphatic heterocycles. The molecule has 0 aliphatic carbocycles. The van der Waals surface area contributed by atoms with E-state index in [9.17, 15) is 0 Å². The van der Waals surface area contributed by atoms with Gasteiger partial charge in [-0.2, -0.15) is 5.10 Å². The molecule has 0 unspecified atom stereocenters. The summed E-state index contributed by atoms with van der Waals surface area (Å²) in [5, 5.41) is 10.2. The maximum Gasteiger partial charge on any atom is 0.187 e. The molecule has 0 heterocycles. The van der Waals surface area contributed by atoms with Gasteiger partial charge in [0.1, 0.15) is 5.75 Å². The molecule has 4 nitrogen and oxygen atoms in total. The van der Waals surface area contributed by atoms with Gasteiger partial charge in [0.25, 0.3) is 0 Å². The van der Waals surface area contributed by atoms with Gasteiger partial charge in [-0.3, -0.25) is 5.43 Å². The molecule has 0 radical (unpaired) electrons. The van der Waals surface area contributed by atoms with Crippen molar-refractivity contribution >= 4 is 33.8 Å². The number of ether oxygens (including phenoxy) is 1. The zero-order valence-electron chi connectivity index (χ0n) is 13.3. The summed E-state index contributed by atoms with van der Waals surface area (Å²) in [5.41, 5.74) is 4.80. The number of thiocarbonyl (C=S) groups is 1. The smallest absolute Gasteiger partial charge is 0.187 e. The Kier molecular flexibility index (Phi) is 5.33. The van der Waals surface area contributed by atoms with Crippen LogP contribution < -0.4 is 15.5 Å². The van der Waals surface area contributed by atoms with Crippen LogP contribution in [-0.2, 0) is 0 Å². The van der Waals surface area contributed by atoms with Crippen LogP contribution in [0.5, 0.6) is 5.75 Å². The van der Waals surface area contributed by atoms with Gasteiger partial charge in [-0.25, -0.2) is 0 Å². The van der Waals surface area contributed by atoms with Crippen LogP contribution in [0.2, 0.25) is 0 Å². The lowest BCUT2D eigenvalue weighted by Gasteiger charge is -2.11. The van der Waals surface area contributed by atoms with Crippen molar-refractivity contribution in [1.29, 1.82) is 0 Å². The number of hydrazone groups is 1. The van der Waals surface area contributed by atoms with Crippen molar-refractivity contribution in [2.45, 2.75) is 26.8 Å². The Bertz CT molecular complexity index is 710. The molecule has 0 amide bonds. The lowest BCUT2D eigenvalue weighted by Crippen LogP contribution is -2.37. The number of nitrogens with one attached hydrogen (secondary N) is 2. The van der Waals surface area contributed by atoms with Crippen LogP contribution in [-0.4, -0.2) is 24.0 Å². The monoisotopic (exact) mass is 315 g/mol. The Morgan fingerprint density at radius 3 is 2.50 bits per heavy atom. The minimum absolute atomic E-state index is 0.283. The predicted molar refractivity (Wildman–Crippen MR) is 96.7 cm³/mol. The SMILES string of the molecule is COc1ccc2cc(/C(C)=N\NC(=S)NC(C)C)ccc2c1. The maximum atomic E-state index is 5.24. The van der Waals surface area contributed by atoms with E-state index in [0.29, 0.717) is 5.11 Å².